The van der Waals surface area contributed by atoms with Gasteiger partial charge in [0, 0.05) is 11.8 Å². The number of carbonyl (C=O) groups excluding carboxylic acids is 1. The molecule has 0 aliphatic carbocycles. The number of anilines is 1. The summed E-state index contributed by atoms with van der Waals surface area (Å²) in [5.41, 5.74) is 1.68. The molecule has 0 saturated heterocycles. The van der Waals surface area contributed by atoms with Gasteiger partial charge in [0.15, 0.2) is 6.10 Å². The third kappa shape index (κ3) is 4.88. The van der Waals surface area contributed by atoms with E-state index in [2.05, 4.69) is 11.9 Å². The van der Waals surface area contributed by atoms with Crippen LogP contribution in [-0.2, 0) is 4.79 Å². The molecule has 0 radical (unpaired) electrons. The molecule has 0 aliphatic rings. The second-order valence-corrected chi connectivity index (χ2v) is 5.40. The third-order valence-corrected chi connectivity index (χ3v) is 3.50. The Morgan fingerprint density at radius 2 is 2.04 bits per heavy atom. The van der Waals surface area contributed by atoms with Crippen LogP contribution in [0.1, 0.15) is 18.9 Å². The van der Waals surface area contributed by atoms with Gasteiger partial charge in [-0.3, -0.25) is 4.79 Å². The fraction of sp³-hybridized carbons (Fsp3) is 0.250. The van der Waals surface area contributed by atoms with Crippen LogP contribution in [0.5, 0.6) is 11.5 Å². The molecule has 0 aromatic heterocycles. The molecule has 2 rings (SSSR count). The smallest absolute Gasteiger partial charge is 0.265 e. The van der Waals surface area contributed by atoms with Gasteiger partial charge in [-0.1, -0.05) is 43.8 Å². The lowest BCUT2D eigenvalue weighted by atomic mass is 10.2. The number of nitrogens with one attached hydrogen (secondary N) is 1. The topological polar surface area (TPSA) is 47.6 Å². The first-order valence-electron chi connectivity index (χ1n) is 8.01. The molecule has 0 heterocycles. The number of benzene rings is 2. The Balaban J connectivity index is 2.04. The lowest BCUT2D eigenvalue weighted by molar-refractivity contribution is -0.122. The van der Waals surface area contributed by atoms with Gasteiger partial charge in [0.25, 0.3) is 5.91 Å². The number of ether oxygens (including phenoxy) is 2. The standard InChI is InChI=1S/C20H23NO3/c1-4-13-23-17-11-8-10-16(14-17)21-20(22)18(5-2)24-19-12-7-6-9-15(19)3/h4,6-12,14,18H,1,5,13H2,2-3H3,(H,21,22)/t18-/m0/s1. The van der Waals surface area contributed by atoms with Crippen molar-refractivity contribution < 1.29 is 14.3 Å². The first kappa shape index (κ1) is 17.6. The van der Waals surface area contributed by atoms with Crippen molar-refractivity contribution in [2.24, 2.45) is 0 Å². The van der Waals surface area contributed by atoms with Gasteiger partial charge >= 0.3 is 0 Å². The number of para-hydroxylation sites is 1. The number of hydrogen-bond acceptors (Lipinski definition) is 3. The molecule has 0 bridgehead atoms. The molecule has 0 saturated carbocycles. The van der Waals surface area contributed by atoms with Crippen LogP contribution >= 0.6 is 0 Å². The zero-order chi connectivity index (χ0) is 17.4. The number of rotatable bonds is 8. The van der Waals surface area contributed by atoms with Gasteiger partial charge in [-0.05, 0) is 37.1 Å². The van der Waals surface area contributed by atoms with Gasteiger partial charge in [0.1, 0.15) is 18.1 Å². The summed E-state index contributed by atoms with van der Waals surface area (Å²) in [7, 11) is 0. The van der Waals surface area contributed by atoms with Gasteiger partial charge in [-0.2, -0.15) is 0 Å². The summed E-state index contributed by atoms with van der Waals surface area (Å²) >= 11 is 0. The summed E-state index contributed by atoms with van der Waals surface area (Å²) in [5.74, 6) is 1.23. The molecule has 0 unspecified atom stereocenters. The molecule has 1 N–H and O–H groups in total. The highest BCUT2D eigenvalue weighted by Crippen LogP contribution is 2.21. The van der Waals surface area contributed by atoms with Crippen molar-refractivity contribution in [3.8, 4) is 11.5 Å². The molecule has 2 aromatic carbocycles. The monoisotopic (exact) mass is 325 g/mol. The normalized spacial score (nSPS) is 11.4. The van der Waals surface area contributed by atoms with E-state index in [9.17, 15) is 4.79 Å². The maximum absolute atomic E-state index is 12.5. The Kier molecular flexibility index (Phi) is 6.43. The number of hydrogen-bond donors (Lipinski definition) is 1. The Labute approximate surface area is 143 Å². The van der Waals surface area contributed by atoms with E-state index >= 15 is 0 Å². The van der Waals surface area contributed by atoms with E-state index in [0.29, 0.717) is 24.5 Å². The Morgan fingerprint density at radius 3 is 2.75 bits per heavy atom. The van der Waals surface area contributed by atoms with Crippen LogP contribution in [0.3, 0.4) is 0 Å². The van der Waals surface area contributed by atoms with Gasteiger partial charge < -0.3 is 14.8 Å². The van der Waals surface area contributed by atoms with E-state index in [1.165, 1.54) is 0 Å². The van der Waals surface area contributed by atoms with Crippen LogP contribution in [0.15, 0.2) is 61.2 Å². The largest absolute Gasteiger partial charge is 0.489 e. The SMILES string of the molecule is C=CCOc1cccc(NC(=O)[C@H](CC)Oc2ccccc2C)c1. The van der Waals surface area contributed by atoms with Crippen molar-refractivity contribution in [2.75, 3.05) is 11.9 Å². The van der Waals surface area contributed by atoms with Crippen molar-refractivity contribution in [3.05, 3.63) is 66.7 Å². The number of aryl methyl sites for hydroxylation is 1. The summed E-state index contributed by atoms with van der Waals surface area (Å²) in [5, 5.41) is 2.88. The Morgan fingerprint density at radius 1 is 1.25 bits per heavy atom. The maximum Gasteiger partial charge on any atom is 0.265 e. The molecule has 0 fully saturated rings. The molecule has 1 atom stereocenters. The minimum absolute atomic E-state index is 0.179. The molecule has 0 aliphatic heterocycles. The van der Waals surface area contributed by atoms with Gasteiger partial charge in [0.05, 0.1) is 0 Å². The highest BCUT2D eigenvalue weighted by atomic mass is 16.5. The minimum Gasteiger partial charge on any atom is -0.489 e. The average molecular weight is 325 g/mol. The fourth-order valence-corrected chi connectivity index (χ4v) is 2.21. The van der Waals surface area contributed by atoms with E-state index in [1.807, 2.05) is 56.3 Å². The van der Waals surface area contributed by atoms with Crippen LogP contribution in [0, 0.1) is 6.92 Å². The van der Waals surface area contributed by atoms with Gasteiger partial charge in [-0.15, -0.1) is 0 Å². The van der Waals surface area contributed by atoms with Crippen LogP contribution in [0.2, 0.25) is 0 Å². The molecule has 4 nitrogen and oxygen atoms in total. The Bertz CT molecular complexity index is 697. The third-order valence-electron chi connectivity index (χ3n) is 3.50. The number of carbonyl (C=O) groups is 1. The molecule has 24 heavy (non-hydrogen) atoms. The molecule has 4 heteroatoms. The predicted octanol–water partition coefficient (Wildman–Crippen LogP) is 4.36. The highest BCUT2D eigenvalue weighted by Gasteiger charge is 2.19. The highest BCUT2D eigenvalue weighted by molar-refractivity contribution is 5.94. The van der Waals surface area contributed by atoms with Crippen molar-refractivity contribution in [1.82, 2.24) is 0 Å². The molecular weight excluding hydrogens is 302 g/mol. The zero-order valence-corrected chi connectivity index (χ0v) is 14.1. The second kappa shape index (κ2) is 8.77. The quantitative estimate of drug-likeness (QED) is 0.734. The Hall–Kier alpha value is -2.75. The average Bonchev–Trinajstić information content (AvgIpc) is 2.59. The predicted molar refractivity (Wildman–Crippen MR) is 96.6 cm³/mol. The lowest BCUT2D eigenvalue weighted by Crippen LogP contribution is -2.32. The molecule has 0 spiro atoms. The van der Waals surface area contributed by atoms with Gasteiger partial charge in [0.2, 0.25) is 0 Å². The van der Waals surface area contributed by atoms with E-state index in [0.717, 1.165) is 11.3 Å². The summed E-state index contributed by atoms with van der Waals surface area (Å²) < 4.78 is 11.3. The van der Waals surface area contributed by atoms with E-state index in [1.54, 1.807) is 12.1 Å². The lowest BCUT2D eigenvalue weighted by Gasteiger charge is -2.18. The first-order valence-corrected chi connectivity index (χ1v) is 8.01. The van der Waals surface area contributed by atoms with Crippen LogP contribution in [0.4, 0.5) is 5.69 Å². The summed E-state index contributed by atoms with van der Waals surface area (Å²) in [4.78, 5) is 12.5. The van der Waals surface area contributed by atoms with E-state index in [-0.39, 0.29) is 5.91 Å². The van der Waals surface area contributed by atoms with Crippen LogP contribution in [-0.4, -0.2) is 18.6 Å². The minimum atomic E-state index is -0.552. The maximum atomic E-state index is 12.5. The summed E-state index contributed by atoms with van der Waals surface area (Å²) in [6.07, 6.45) is 1.70. The zero-order valence-electron chi connectivity index (χ0n) is 14.1. The molecule has 1 amide bonds. The van der Waals surface area contributed by atoms with Gasteiger partial charge in [-0.25, -0.2) is 0 Å². The van der Waals surface area contributed by atoms with Crippen molar-refractivity contribution in [3.63, 3.8) is 0 Å². The van der Waals surface area contributed by atoms with Crippen LogP contribution < -0.4 is 14.8 Å². The molecule has 126 valence electrons. The first-order chi connectivity index (χ1) is 11.6. The second-order valence-electron chi connectivity index (χ2n) is 5.40. The van der Waals surface area contributed by atoms with Crippen molar-refractivity contribution in [1.29, 1.82) is 0 Å². The van der Waals surface area contributed by atoms with Crippen LogP contribution in [0.25, 0.3) is 0 Å². The van der Waals surface area contributed by atoms with E-state index in [4.69, 9.17) is 9.47 Å². The summed E-state index contributed by atoms with van der Waals surface area (Å²) in [6, 6.07) is 14.9. The van der Waals surface area contributed by atoms with E-state index < -0.39 is 6.10 Å². The number of amides is 1. The van der Waals surface area contributed by atoms with Crippen molar-refractivity contribution >= 4 is 11.6 Å². The van der Waals surface area contributed by atoms with Crippen molar-refractivity contribution in [2.45, 2.75) is 26.4 Å². The molecular formula is C20H23NO3. The fourth-order valence-electron chi connectivity index (χ4n) is 2.21. The summed E-state index contributed by atoms with van der Waals surface area (Å²) in [6.45, 7) is 7.92. The molecule has 2 aromatic rings.